The van der Waals surface area contributed by atoms with Crippen molar-refractivity contribution in [2.45, 2.75) is 26.0 Å². The van der Waals surface area contributed by atoms with Crippen molar-refractivity contribution >= 4 is 5.91 Å². The maximum Gasteiger partial charge on any atom is 0.255 e. The molecule has 2 N–H and O–H groups in total. The number of amides is 1. The van der Waals surface area contributed by atoms with E-state index in [0.29, 0.717) is 17.8 Å². The molecule has 1 unspecified atom stereocenters. The number of aryl methyl sites for hydroxylation is 2. The van der Waals surface area contributed by atoms with Crippen LogP contribution in [0, 0.1) is 6.92 Å². The summed E-state index contributed by atoms with van der Waals surface area (Å²) in [4.78, 5) is 16.5. The van der Waals surface area contributed by atoms with Crippen LogP contribution >= 0.6 is 0 Å². The van der Waals surface area contributed by atoms with Gasteiger partial charge >= 0.3 is 0 Å². The molecular weight excluding hydrogens is 294 g/mol. The van der Waals surface area contributed by atoms with Crippen molar-refractivity contribution in [3.05, 3.63) is 41.5 Å². The average molecular weight is 315 g/mol. The van der Waals surface area contributed by atoms with Gasteiger partial charge in [-0.3, -0.25) is 14.5 Å². The number of hydrogen-bond acceptors (Lipinski definition) is 5. The molecule has 122 valence electrons. The molecule has 7 nitrogen and oxygen atoms in total. The highest BCUT2D eigenvalue weighted by molar-refractivity contribution is 5.94. The Morgan fingerprint density at radius 2 is 2.43 bits per heavy atom. The molecule has 1 amide bonds. The molecule has 1 atom stereocenters. The van der Waals surface area contributed by atoms with Crippen LogP contribution in [0.5, 0.6) is 5.75 Å². The summed E-state index contributed by atoms with van der Waals surface area (Å²) >= 11 is 0. The van der Waals surface area contributed by atoms with E-state index in [1.54, 1.807) is 24.1 Å². The fraction of sp³-hybridized carbons (Fsp3) is 0.438. The summed E-state index contributed by atoms with van der Waals surface area (Å²) in [6.45, 7) is 4.03. The lowest BCUT2D eigenvalue weighted by Gasteiger charge is -2.13. The van der Waals surface area contributed by atoms with Crippen LogP contribution in [0.3, 0.4) is 0 Å². The first kappa shape index (κ1) is 15.5. The Labute approximate surface area is 135 Å². The van der Waals surface area contributed by atoms with Gasteiger partial charge in [-0.1, -0.05) is 0 Å². The fourth-order valence-electron chi connectivity index (χ4n) is 2.64. The first-order valence-electron chi connectivity index (χ1n) is 7.72. The molecule has 0 saturated carbocycles. The van der Waals surface area contributed by atoms with Crippen LogP contribution in [0.15, 0.2) is 24.5 Å². The zero-order valence-electron chi connectivity index (χ0n) is 13.4. The third-order valence-electron chi connectivity index (χ3n) is 3.79. The highest BCUT2D eigenvalue weighted by Crippen LogP contribution is 2.15. The molecule has 7 heteroatoms. The topological polar surface area (TPSA) is 81.1 Å². The second-order valence-electron chi connectivity index (χ2n) is 5.70. The smallest absolute Gasteiger partial charge is 0.255 e. The molecule has 2 aromatic heterocycles. The summed E-state index contributed by atoms with van der Waals surface area (Å²) in [7, 11) is 1.80. The Bertz CT molecular complexity index is 692. The monoisotopic (exact) mass is 315 g/mol. The Balaban J connectivity index is 1.59. The third-order valence-corrected chi connectivity index (χ3v) is 3.79. The maximum absolute atomic E-state index is 12.2. The van der Waals surface area contributed by atoms with Crippen molar-refractivity contribution in [3.63, 3.8) is 0 Å². The van der Waals surface area contributed by atoms with E-state index in [2.05, 4.69) is 20.7 Å². The largest absolute Gasteiger partial charge is 0.489 e. The summed E-state index contributed by atoms with van der Waals surface area (Å²) < 4.78 is 7.53. The normalized spacial score (nSPS) is 17.2. The Kier molecular flexibility index (Phi) is 4.57. The molecular formula is C16H21N5O2. The molecule has 0 aromatic carbocycles. The highest BCUT2D eigenvalue weighted by Gasteiger charge is 2.16. The van der Waals surface area contributed by atoms with E-state index in [0.717, 1.165) is 31.0 Å². The zero-order valence-corrected chi connectivity index (χ0v) is 13.4. The van der Waals surface area contributed by atoms with Crippen molar-refractivity contribution < 1.29 is 9.53 Å². The molecule has 3 rings (SSSR count). The minimum atomic E-state index is -0.149. The van der Waals surface area contributed by atoms with Crippen LogP contribution in [0.2, 0.25) is 0 Å². The Morgan fingerprint density at radius 3 is 3.13 bits per heavy atom. The third kappa shape index (κ3) is 3.87. The van der Waals surface area contributed by atoms with Gasteiger partial charge in [0.05, 0.1) is 23.5 Å². The number of hydrogen-bond donors (Lipinski definition) is 2. The van der Waals surface area contributed by atoms with Gasteiger partial charge in [0, 0.05) is 32.1 Å². The molecule has 0 radical (unpaired) electrons. The van der Waals surface area contributed by atoms with Crippen LogP contribution in [0.1, 0.15) is 28.2 Å². The molecule has 0 aliphatic carbocycles. The van der Waals surface area contributed by atoms with Crippen molar-refractivity contribution in [1.29, 1.82) is 0 Å². The minimum Gasteiger partial charge on any atom is -0.489 e. The number of nitrogens with zero attached hydrogens (tertiary/aromatic N) is 3. The molecule has 23 heavy (non-hydrogen) atoms. The lowest BCUT2D eigenvalue weighted by atomic mass is 10.2. The van der Waals surface area contributed by atoms with E-state index in [1.165, 1.54) is 0 Å². The van der Waals surface area contributed by atoms with Crippen LogP contribution in [-0.4, -0.2) is 39.9 Å². The van der Waals surface area contributed by atoms with Crippen molar-refractivity contribution in [2.75, 3.05) is 13.1 Å². The second kappa shape index (κ2) is 6.78. The lowest BCUT2D eigenvalue weighted by molar-refractivity contribution is 0.0949. The molecule has 1 aliphatic rings. The summed E-state index contributed by atoms with van der Waals surface area (Å²) in [6.07, 6.45) is 4.63. The average Bonchev–Trinajstić information content (AvgIpc) is 3.14. The van der Waals surface area contributed by atoms with Gasteiger partial charge in [0.1, 0.15) is 11.9 Å². The summed E-state index contributed by atoms with van der Waals surface area (Å²) in [5.74, 6) is 0.638. The van der Waals surface area contributed by atoms with Crippen LogP contribution in [-0.2, 0) is 13.6 Å². The van der Waals surface area contributed by atoms with Gasteiger partial charge in [0.25, 0.3) is 5.91 Å². The second-order valence-corrected chi connectivity index (χ2v) is 5.70. The first-order valence-corrected chi connectivity index (χ1v) is 7.72. The van der Waals surface area contributed by atoms with E-state index in [1.807, 2.05) is 19.1 Å². The van der Waals surface area contributed by atoms with Gasteiger partial charge < -0.3 is 15.4 Å². The fourth-order valence-corrected chi connectivity index (χ4v) is 2.64. The van der Waals surface area contributed by atoms with Gasteiger partial charge in [-0.25, -0.2) is 0 Å². The van der Waals surface area contributed by atoms with E-state index in [9.17, 15) is 4.79 Å². The highest BCUT2D eigenvalue weighted by atomic mass is 16.5. The molecule has 0 spiro atoms. The molecule has 1 fully saturated rings. The van der Waals surface area contributed by atoms with Gasteiger partial charge in [-0.15, -0.1) is 0 Å². The van der Waals surface area contributed by atoms with Crippen LogP contribution < -0.4 is 15.4 Å². The van der Waals surface area contributed by atoms with E-state index >= 15 is 0 Å². The summed E-state index contributed by atoms with van der Waals surface area (Å²) in [5.41, 5.74) is 2.06. The zero-order chi connectivity index (χ0) is 16.2. The number of aromatic nitrogens is 3. The van der Waals surface area contributed by atoms with Crippen molar-refractivity contribution in [1.82, 2.24) is 25.4 Å². The quantitative estimate of drug-likeness (QED) is 0.853. The number of pyridine rings is 1. The lowest BCUT2D eigenvalue weighted by Crippen LogP contribution is -2.24. The van der Waals surface area contributed by atoms with Crippen LogP contribution in [0.25, 0.3) is 0 Å². The van der Waals surface area contributed by atoms with Gasteiger partial charge in [-0.05, 0) is 26.0 Å². The number of rotatable bonds is 5. The number of carbonyl (C=O) groups excluding carboxylic acids is 1. The SMILES string of the molecule is Cc1nn(C)cc1C(=O)NCc1cc(OC2CCNC2)ccn1. The van der Waals surface area contributed by atoms with Crippen molar-refractivity contribution in [3.8, 4) is 5.75 Å². The number of ether oxygens (including phenoxy) is 1. The van der Waals surface area contributed by atoms with E-state index < -0.39 is 0 Å². The molecule has 3 heterocycles. The minimum absolute atomic E-state index is 0.149. The first-order chi connectivity index (χ1) is 11.1. The molecule has 1 aliphatic heterocycles. The Morgan fingerprint density at radius 1 is 1.57 bits per heavy atom. The molecule has 2 aromatic rings. The standard InChI is InChI=1S/C16H21N5O2/c1-11-15(10-21(2)20-11)16(22)19-8-12-7-13(4-6-18-12)23-14-3-5-17-9-14/h4,6-7,10,14,17H,3,5,8-9H2,1-2H3,(H,19,22). The number of carbonyl (C=O) groups is 1. The van der Waals surface area contributed by atoms with E-state index in [4.69, 9.17) is 4.74 Å². The van der Waals surface area contributed by atoms with Crippen LogP contribution in [0.4, 0.5) is 0 Å². The van der Waals surface area contributed by atoms with E-state index in [-0.39, 0.29) is 12.0 Å². The predicted octanol–water partition coefficient (Wildman–Crippen LogP) is 0.794. The predicted molar refractivity (Wildman–Crippen MR) is 85.3 cm³/mol. The van der Waals surface area contributed by atoms with Crippen molar-refractivity contribution in [2.24, 2.45) is 7.05 Å². The molecule has 0 bridgehead atoms. The maximum atomic E-state index is 12.2. The number of nitrogens with one attached hydrogen (secondary N) is 2. The Hall–Kier alpha value is -2.41. The summed E-state index contributed by atoms with van der Waals surface area (Å²) in [6, 6.07) is 3.71. The molecule has 1 saturated heterocycles. The van der Waals surface area contributed by atoms with Gasteiger partial charge in [-0.2, -0.15) is 5.10 Å². The van der Waals surface area contributed by atoms with Gasteiger partial charge in [0.15, 0.2) is 0 Å². The van der Waals surface area contributed by atoms with Gasteiger partial charge in [0.2, 0.25) is 0 Å². The summed E-state index contributed by atoms with van der Waals surface area (Å²) in [5, 5.41) is 10.3.